The molecule has 2 aliphatic heterocycles. The molecule has 0 saturated carbocycles. The van der Waals surface area contributed by atoms with Crippen LogP contribution in [0.3, 0.4) is 0 Å². The lowest BCUT2D eigenvalue weighted by molar-refractivity contribution is -0.118. The minimum atomic E-state index is -0.376. The van der Waals surface area contributed by atoms with E-state index in [0.717, 1.165) is 12.8 Å². The molecule has 0 aliphatic carbocycles. The van der Waals surface area contributed by atoms with E-state index in [-0.39, 0.29) is 23.7 Å². The lowest BCUT2D eigenvalue weighted by atomic mass is 9.97. The van der Waals surface area contributed by atoms with Crippen molar-refractivity contribution in [1.82, 2.24) is 15.3 Å². The molecule has 3 heterocycles. The van der Waals surface area contributed by atoms with E-state index in [1.54, 1.807) is 18.6 Å². The normalized spacial score (nSPS) is 25.4. The number of carbonyl (C=O) groups excluding carboxylic acids is 1. The zero-order chi connectivity index (χ0) is 17.3. The van der Waals surface area contributed by atoms with Crippen LogP contribution in [0.2, 0.25) is 0 Å². The highest BCUT2D eigenvalue weighted by Gasteiger charge is 2.39. The number of fused-ring (bicyclic) bond motifs is 2. The molecule has 1 amide bonds. The summed E-state index contributed by atoms with van der Waals surface area (Å²) in [4.78, 5) is 21.0. The Balaban J connectivity index is 1.96. The number of carbonyl (C=O) groups is 1. The number of hydrogen-bond donors (Lipinski definition) is 3. The van der Waals surface area contributed by atoms with E-state index in [2.05, 4.69) is 20.6 Å². The molecule has 3 rings (SSSR count). The van der Waals surface area contributed by atoms with Gasteiger partial charge in [0.05, 0.1) is 24.1 Å². The predicted molar refractivity (Wildman–Crippen MR) is 90.8 cm³/mol. The fourth-order valence-electron chi connectivity index (χ4n) is 3.00. The van der Waals surface area contributed by atoms with Crippen LogP contribution in [-0.2, 0) is 9.53 Å². The summed E-state index contributed by atoms with van der Waals surface area (Å²) in [5.41, 5.74) is 1.09. The molecule has 1 aromatic rings. The zero-order valence-electron chi connectivity index (χ0n) is 14.2. The number of aromatic nitrogens is 2. The quantitative estimate of drug-likeness (QED) is 0.737. The summed E-state index contributed by atoms with van der Waals surface area (Å²) in [5.74, 6) is 0.241. The van der Waals surface area contributed by atoms with E-state index < -0.39 is 0 Å². The van der Waals surface area contributed by atoms with E-state index in [9.17, 15) is 4.79 Å². The van der Waals surface area contributed by atoms with Gasteiger partial charge in [-0.2, -0.15) is 0 Å². The van der Waals surface area contributed by atoms with Gasteiger partial charge in [0.25, 0.3) is 5.91 Å². The molecule has 7 nitrogen and oxygen atoms in total. The molecular weight excluding hydrogens is 306 g/mol. The van der Waals surface area contributed by atoms with Gasteiger partial charge in [-0.15, -0.1) is 0 Å². The summed E-state index contributed by atoms with van der Waals surface area (Å²) in [6.45, 7) is 5.78. The first kappa shape index (κ1) is 16.6. The maximum Gasteiger partial charge on any atom is 0.268 e. The third-order valence-electron chi connectivity index (χ3n) is 4.02. The number of hydrogen-bond acceptors (Lipinski definition) is 6. The van der Waals surface area contributed by atoms with Gasteiger partial charge in [-0.25, -0.2) is 4.98 Å². The second-order valence-electron chi connectivity index (χ2n) is 7.22. The second kappa shape index (κ2) is 6.32. The Kier molecular flexibility index (Phi) is 4.36. The van der Waals surface area contributed by atoms with Crippen molar-refractivity contribution in [2.45, 2.75) is 57.8 Å². The van der Waals surface area contributed by atoms with Crippen molar-refractivity contribution < 1.29 is 9.53 Å². The highest BCUT2D eigenvalue weighted by molar-refractivity contribution is 6.10. The average molecular weight is 329 g/mol. The Morgan fingerprint density at radius 1 is 1.33 bits per heavy atom. The average Bonchev–Trinajstić information content (AvgIpc) is 2.92. The number of anilines is 1. The van der Waals surface area contributed by atoms with Crippen LogP contribution in [-0.4, -0.2) is 39.3 Å². The van der Waals surface area contributed by atoms with Crippen molar-refractivity contribution in [3.8, 4) is 0 Å². The third-order valence-corrected chi connectivity index (χ3v) is 4.02. The van der Waals surface area contributed by atoms with Crippen molar-refractivity contribution in [2.24, 2.45) is 0 Å². The summed E-state index contributed by atoms with van der Waals surface area (Å²) in [7, 11) is 0. The molecule has 3 N–H and O–H groups in total. The van der Waals surface area contributed by atoms with Crippen LogP contribution in [0.5, 0.6) is 0 Å². The van der Waals surface area contributed by atoms with Crippen molar-refractivity contribution in [3.05, 3.63) is 29.9 Å². The molecule has 2 fully saturated rings. The number of ether oxygens (including phenoxy) is 1. The predicted octanol–water partition coefficient (Wildman–Crippen LogP) is 2.03. The van der Waals surface area contributed by atoms with Gasteiger partial charge in [0.2, 0.25) is 0 Å². The Morgan fingerprint density at radius 3 is 2.79 bits per heavy atom. The van der Waals surface area contributed by atoms with Gasteiger partial charge >= 0.3 is 0 Å². The van der Waals surface area contributed by atoms with Crippen molar-refractivity contribution in [1.29, 1.82) is 5.41 Å². The molecule has 2 saturated heterocycles. The summed E-state index contributed by atoms with van der Waals surface area (Å²) in [6, 6.07) is 0. The first-order valence-electron chi connectivity index (χ1n) is 8.16. The van der Waals surface area contributed by atoms with E-state index in [4.69, 9.17) is 10.1 Å². The van der Waals surface area contributed by atoms with Crippen molar-refractivity contribution in [2.75, 3.05) is 5.32 Å². The van der Waals surface area contributed by atoms with Gasteiger partial charge in [0, 0.05) is 29.9 Å². The maximum atomic E-state index is 12.8. The summed E-state index contributed by atoms with van der Waals surface area (Å²) in [6.07, 6.45) is 6.90. The summed E-state index contributed by atoms with van der Waals surface area (Å²) in [5, 5.41) is 14.4. The van der Waals surface area contributed by atoms with Crippen LogP contribution in [0.25, 0.3) is 0 Å². The highest BCUT2D eigenvalue weighted by atomic mass is 16.5. The van der Waals surface area contributed by atoms with Gasteiger partial charge < -0.3 is 20.8 Å². The molecule has 0 aromatic carbocycles. The van der Waals surface area contributed by atoms with Crippen LogP contribution in [0.15, 0.2) is 29.9 Å². The maximum absolute atomic E-state index is 12.8. The van der Waals surface area contributed by atoms with E-state index >= 15 is 0 Å². The van der Waals surface area contributed by atoms with Gasteiger partial charge in [0.15, 0.2) is 0 Å². The van der Waals surface area contributed by atoms with Gasteiger partial charge in [0.1, 0.15) is 11.5 Å². The van der Waals surface area contributed by atoms with Crippen LogP contribution >= 0.6 is 0 Å². The Morgan fingerprint density at radius 2 is 2.12 bits per heavy atom. The first-order chi connectivity index (χ1) is 11.3. The molecule has 7 heteroatoms. The van der Waals surface area contributed by atoms with Gasteiger partial charge in [-0.1, -0.05) is 0 Å². The highest BCUT2D eigenvalue weighted by Crippen LogP contribution is 2.35. The largest absolute Gasteiger partial charge is 0.368 e. The molecule has 128 valence electrons. The van der Waals surface area contributed by atoms with Crippen molar-refractivity contribution >= 4 is 17.4 Å². The van der Waals surface area contributed by atoms with Gasteiger partial charge in [-0.3, -0.25) is 9.78 Å². The lowest BCUT2D eigenvalue weighted by Gasteiger charge is -2.28. The molecule has 2 bridgehead atoms. The Labute approximate surface area is 141 Å². The fraction of sp³-hybridized carbons (Fsp3) is 0.529. The second-order valence-corrected chi connectivity index (χ2v) is 7.22. The minimum absolute atomic E-state index is 0.0835. The molecular formula is C17H23N5O2. The number of nitrogens with one attached hydrogen (secondary N) is 3. The molecule has 1 aromatic heterocycles. The topological polar surface area (TPSA) is 100.0 Å². The fourth-order valence-corrected chi connectivity index (χ4v) is 3.00. The summed E-state index contributed by atoms with van der Waals surface area (Å²) < 4.78 is 5.77. The Hall–Kier alpha value is -2.28. The van der Waals surface area contributed by atoms with Crippen LogP contribution in [0, 0.1) is 5.41 Å². The SMILES string of the molecule is CC(C)(C)NC(=O)/C(Nc1cnccn1)=C1\CC2CCC(O2)C1=N. The smallest absolute Gasteiger partial charge is 0.268 e. The molecule has 0 radical (unpaired) electrons. The number of amides is 1. The van der Waals surface area contributed by atoms with Crippen LogP contribution in [0.4, 0.5) is 5.82 Å². The minimum Gasteiger partial charge on any atom is -0.368 e. The lowest BCUT2D eigenvalue weighted by Crippen LogP contribution is -2.44. The Bertz CT molecular complexity index is 678. The standard InChI is InChI=1S/C17H23N5O2/c1-17(2,3)22-16(23)15(21-13-9-19-6-7-20-13)11-8-10-4-5-12(24-10)14(11)18/h6-7,9-10,12,18H,4-5,8H2,1-3H3,(H,20,21)(H,22,23)/b15-11-,18-14?. The number of rotatable bonds is 3. The van der Waals surface area contributed by atoms with Crippen molar-refractivity contribution in [3.63, 3.8) is 0 Å². The first-order valence-corrected chi connectivity index (χ1v) is 8.16. The zero-order valence-corrected chi connectivity index (χ0v) is 14.2. The molecule has 2 atom stereocenters. The monoisotopic (exact) mass is 329 g/mol. The van der Waals surface area contributed by atoms with E-state index in [1.165, 1.54) is 0 Å². The molecule has 2 aliphatic rings. The molecule has 0 spiro atoms. The van der Waals surface area contributed by atoms with Gasteiger partial charge in [-0.05, 0) is 33.6 Å². The van der Waals surface area contributed by atoms with E-state index in [1.807, 2.05) is 20.8 Å². The summed E-state index contributed by atoms with van der Waals surface area (Å²) >= 11 is 0. The van der Waals surface area contributed by atoms with Crippen LogP contribution in [0.1, 0.15) is 40.0 Å². The third kappa shape index (κ3) is 3.62. The number of nitrogens with zero attached hydrogens (tertiary/aromatic N) is 2. The van der Waals surface area contributed by atoms with E-state index in [0.29, 0.717) is 29.2 Å². The van der Waals surface area contributed by atoms with Crippen LogP contribution < -0.4 is 10.6 Å². The molecule has 2 unspecified atom stereocenters. The molecule has 24 heavy (non-hydrogen) atoms.